The van der Waals surface area contributed by atoms with Gasteiger partial charge in [-0.15, -0.1) is 0 Å². The molecule has 3 atom stereocenters. The molecule has 0 aromatic heterocycles. The van der Waals surface area contributed by atoms with Crippen LogP contribution in [0.15, 0.2) is 18.2 Å². The Balaban J connectivity index is 1.75. The fraction of sp³-hybridized carbons (Fsp3) is 0.611. The highest BCUT2D eigenvalue weighted by Gasteiger charge is 2.49. The van der Waals surface area contributed by atoms with Crippen LogP contribution in [0.2, 0.25) is 0 Å². The van der Waals surface area contributed by atoms with E-state index in [1.165, 1.54) is 0 Å². The Labute approximate surface area is 136 Å². The number of carbonyl (C=O) groups excluding carboxylic acids is 1. The summed E-state index contributed by atoms with van der Waals surface area (Å²) in [6.07, 6.45) is 4.66. The highest BCUT2D eigenvalue weighted by atomic mass is 16.7. The summed E-state index contributed by atoms with van der Waals surface area (Å²) in [4.78, 5) is 14.1. The fourth-order valence-electron chi connectivity index (χ4n) is 4.54. The van der Waals surface area contributed by atoms with Crippen molar-refractivity contribution in [1.29, 1.82) is 0 Å². The van der Waals surface area contributed by atoms with Crippen LogP contribution in [-0.2, 0) is 4.79 Å². The molecular weight excluding hydrogens is 294 g/mol. The number of hydrogen-bond acceptors (Lipinski definition) is 4. The molecule has 4 rings (SSSR count). The number of hydrogen-bond donors (Lipinski definition) is 1. The number of amides is 1. The molecule has 5 heteroatoms. The summed E-state index contributed by atoms with van der Waals surface area (Å²) in [5.41, 5.74) is 0.389. The van der Waals surface area contributed by atoms with Gasteiger partial charge in [-0.1, -0.05) is 18.9 Å². The molecule has 3 aliphatic rings. The minimum atomic E-state index is -0.648. The lowest BCUT2D eigenvalue weighted by Crippen LogP contribution is -2.55. The molecular formula is C18H23NO4. The van der Waals surface area contributed by atoms with Crippen LogP contribution in [0.5, 0.6) is 11.5 Å². The van der Waals surface area contributed by atoms with E-state index in [0.717, 1.165) is 42.7 Å². The third-order valence-electron chi connectivity index (χ3n) is 5.71. The molecule has 1 aromatic carbocycles. The van der Waals surface area contributed by atoms with Gasteiger partial charge in [-0.25, -0.2) is 0 Å². The summed E-state index contributed by atoms with van der Waals surface area (Å²) < 4.78 is 10.9. The maximum absolute atomic E-state index is 12.2. The number of benzene rings is 1. The Bertz CT molecular complexity index is 631. The second kappa shape index (κ2) is 5.41. The normalized spacial score (nSPS) is 32.5. The van der Waals surface area contributed by atoms with E-state index in [1.807, 2.05) is 23.1 Å². The van der Waals surface area contributed by atoms with E-state index in [0.29, 0.717) is 13.0 Å². The number of ether oxygens (including phenoxy) is 2. The summed E-state index contributed by atoms with van der Waals surface area (Å²) in [6, 6.07) is 5.81. The van der Waals surface area contributed by atoms with E-state index in [-0.39, 0.29) is 24.7 Å². The number of nitrogens with zero attached hydrogens (tertiary/aromatic N) is 1. The van der Waals surface area contributed by atoms with Crippen molar-refractivity contribution >= 4 is 5.91 Å². The van der Waals surface area contributed by atoms with Gasteiger partial charge in [0.15, 0.2) is 11.5 Å². The molecule has 1 amide bonds. The fourth-order valence-corrected chi connectivity index (χ4v) is 4.54. The lowest BCUT2D eigenvalue weighted by Gasteiger charge is -2.52. The van der Waals surface area contributed by atoms with E-state index < -0.39 is 5.60 Å². The number of rotatable bonds is 1. The smallest absolute Gasteiger partial charge is 0.231 e. The second-order valence-electron chi connectivity index (χ2n) is 6.98. The van der Waals surface area contributed by atoms with Crippen molar-refractivity contribution < 1.29 is 19.4 Å². The van der Waals surface area contributed by atoms with Gasteiger partial charge in [-0.05, 0) is 37.0 Å². The predicted octanol–water partition coefficient (Wildman–Crippen LogP) is 2.63. The predicted molar refractivity (Wildman–Crippen MR) is 84.2 cm³/mol. The van der Waals surface area contributed by atoms with Gasteiger partial charge < -0.3 is 19.5 Å². The van der Waals surface area contributed by atoms with Crippen LogP contribution in [0, 0.1) is 5.92 Å². The van der Waals surface area contributed by atoms with Crippen molar-refractivity contribution in [3.63, 3.8) is 0 Å². The number of carbonyl (C=O) groups is 1. The summed E-state index contributed by atoms with van der Waals surface area (Å²) in [5.74, 6) is 1.64. The van der Waals surface area contributed by atoms with Gasteiger partial charge in [-0.3, -0.25) is 4.79 Å². The maximum Gasteiger partial charge on any atom is 0.231 e. The van der Waals surface area contributed by atoms with E-state index in [9.17, 15) is 9.90 Å². The van der Waals surface area contributed by atoms with Crippen LogP contribution in [0.1, 0.15) is 50.6 Å². The third kappa shape index (κ3) is 2.38. The van der Waals surface area contributed by atoms with Crippen LogP contribution >= 0.6 is 0 Å². The maximum atomic E-state index is 12.2. The van der Waals surface area contributed by atoms with Gasteiger partial charge in [0, 0.05) is 19.4 Å². The molecule has 0 radical (unpaired) electrons. The van der Waals surface area contributed by atoms with Gasteiger partial charge in [-0.2, -0.15) is 0 Å². The number of fused-ring (bicyclic) bond motifs is 2. The molecule has 0 bridgehead atoms. The Morgan fingerprint density at radius 3 is 2.91 bits per heavy atom. The minimum absolute atomic E-state index is 0.0697. The summed E-state index contributed by atoms with van der Waals surface area (Å²) >= 11 is 0. The van der Waals surface area contributed by atoms with Crippen LogP contribution < -0.4 is 9.47 Å². The Hall–Kier alpha value is -1.75. The molecule has 0 unspecified atom stereocenters. The molecule has 2 aliphatic heterocycles. The van der Waals surface area contributed by atoms with Crippen molar-refractivity contribution in [2.24, 2.45) is 5.92 Å². The van der Waals surface area contributed by atoms with Crippen molar-refractivity contribution in [2.45, 2.75) is 50.7 Å². The molecule has 1 aromatic rings. The topological polar surface area (TPSA) is 59.0 Å². The van der Waals surface area contributed by atoms with E-state index in [2.05, 4.69) is 0 Å². The number of aliphatic hydroxyl groups is 1. The van der Waals surface area contributed by atoms with Crippen molar-refractivity contribution in [3.8, 4) is 11.5 Å². The molecule has 1 saturated carbocycles. The minimum Gasteiger partial charge on any atom is -0.454 e. The van der Waals surface area contributed by atoms with E-state index >= 15 is 0 Å². The first-order valence-corrected chi connectivity index (χ1v) is 8.48. The van der Waals surface area contributed by atoms with Gasteiger partial charge in [0.05, 0.1) is 11.6 Å². The Morgan fingerprint density at radius 2 is 2.09 bits per heavy atom. The Kier molecular flexibility index (Phi) is 3.48. The molecule has 1 saturated heterocycles. The molecule has 5 nitrogen and oxygen atoms in total. The SMILES string of the molecule is CC(=O)N1CC[C@]2(O)CCCC[C@@H]2[C@H]1c1ccc2c(c1)OCO2. The van der Waals surface area contributed by atoms with Crippen LogP contribution in [-0.4, -0.2) is 34.9 Å². The second-order valence-corrected chi connectivity index (χ2v) is 6.98. The summed E-state index contributed by atoms with van der Waals surface area (Å²) in [5, 5.41) is 11.1. The summed E-state index contributed by atoms with van der Waals surface area (Å²) in [7, 11) is 0. The molecule has 2 fully saturated rings. The monoisotopic (exact) mass is 317 g/mol. The molecule has 0 spiro atoms. The van der Waals surface area contributed by atoms with Gasteiger partial charge in [0.25, 0.3) is 0 Å². The lowest BCUT2D eigenvalue weighted by molar-refractivity contribution is -0.153. The first kappa shape index (κ1) is 14.8. The molecule has 2 heterocycles. The zero-order valence-electron chi connectivity index (χ0n) is 13.5. The van der Waals surface area contributed by atoms with Crippen LogP contribution in [0.4, 0.5) is 0 Å². The van der Waals surface area contributed by atoms with Crippen LogP contribution in [0.3, 0.4) is 0 Å². The zero-order chi connectivity index (χ0) is 16.0. The lowest BCUT2D eigenvalue weighted by atomic mass is 9.66. The molecule has 1 aliphatic carbocycles. The van der Waals surface area contributed by atoms with Gasteiger partial charge in [0.2, 0.25) is 12.7 Å². The number of piperidine rings is 1. The zero-order valence-corrected chi connectivity index (χ0v) is 13.5. The van der Waals surface area contributed by atoms with Gasteiger partial charge in [0.1, 0.15) is 0 Å². The van der Waals surface area contributed by atoms with E-state index in [4.69, 9.17) is 9.47 Å². The highest BCUT2D eigenvalue weighted by molar-refractivity contribution is 5.74. The largest absolute Gasteiger partial charge is 0.454 e. The van der Waals surface area contributed by atoms with Crippen molar-refractivity contribution in [1.82, 2.24) is 4.90 Å². The molecule has 124 valence electrons. The van der Waals surface area contributed by atoms with Crippen molar-refractivity contribution in [2.75, 3.05) is 13.3 Å². The summed E-state index contributed by atoms with van der Waals surface area (Å²) in [6.45, 7) is 2.47. The Morgan fingerprint density at radius 1 is 1.26 bits per heavy atom. The third-order valence-corrected chi connectivity index (χ3v) is 5.71. The quantitative estimate of drug-likeness (QED) is 0.865. The average molecular weight is 317 g/mol. The molecule has 1 N–H and O–H groups in total. The van der Waals surface area contributed by atoms with Crippen molar-refractivity contribution in [3.05, 3.63) is 23.8 Å². The van der Waals surface area contributed by atoms with E-state index in [1.54, 1.807) is 6.92 Å². The standard InChI is InChI=1S/C18H23NO4/c1-12(20)19-9-8-18(21)7-3-2-4-14(18)17(19)13-5-6-15-16(10-13)23-11-22-15/h5-6,10,14,17,21H,2-4,7-9,11H2,1H3/t14-,17-,18-/m1/s1. The van der Waals surface area contributed by atoms with Gasteiger partial charge >= 0.3 is 0 Å². The van der Waals surface area contributed by atoms with Crippen LogP contribution in [0.25, 0.3) is 0 Å². The average Bonchev–Trinajstić information content (AvgIpc) is 3.00. The first-order chi connectivity index (χ1) is 11.1. The molecule has 23 heavy (non-hydrogen) atoms. The number of likely N-dealkylation sites (tertiary alicyclic amines) is 1. The highest BCUT2D eigenvalue weighted by Crippen LogP contribution is 2.50. The first-order valence-electron chi connectivity index (χ1n) is 8.48.